The highest BCUT2D eigenvalue weighted by Gasteiger charge is 2.24. The van der Waals surface area contributed by atoms with Crippen molar-refractivity contribution in [1.29, 1.82) is 0 Å². The smallest absolute Gasteiger partial charge is 0.332 e. The predicted molar refractivity (Wildman–Crippen MR) is 144 cm³/mol. The van der Waals surface area contributed by atoms with Gasteiger partial charge in [0, 0.05) is 36.1 Å². The van der Waals surface area contributed by atoms with Crippen LogP contribution >= 0.6 is 0 Å². The van der Waals surface area contributed by atoms with Gasteiger partial charge >= 0.3 is 5.97 Å². The Hall–Kier alpha value is -3.32. The molecule has 0 bridgehead atoms. The maximum atomic E-state index is 13.1. The number of rotatable bonds is 8. The van der Waals surface area contributed by atoms with Crippen molar-refractivity contribution in [2.45, 2.75) is 65.5 Å². The maximum Gasteiger partial charge on any atom is 0.332 e. The fraction of sp³-hybridized carbons (Fsp3) is 0.467. The fourth-order valence-electron chi connectivity index (χ4n) is 4.86. The monoisotopic (exact) mass is 503 g/mol. The zero-order valence-electron chi connectivity index (χ0n) is 22.3. The molecule has 2 heterocycles. The van der Waals surface area contributed by atoms with Crippen LogP contribution in [0.5, 0.6) is 0 Å². The van der Waals surface area contributed by atoms with E-state index in [1.807, 2.05) is 64.2 Å². The number of pyridine rings is 1. The summed E-state index contributed by atoms with van der Waals surface area (Å²) in [7, 11) is 0. The number of hydrogen-bond acceptors (Lipinski definition) is 6. The van der Waals surface area contributed by atoms with E-state index in [1.165, 1.54) is 0 Å². The van der Waals surface area contributed by atoms with Crippen molar-refractivity contribution in [2.24, 2.45) is 11.8 Å². The van der Waals surface area contributed by atoms with E-state index in [0.29, 0.717) is 25.0 Å². The normalized spacial score (nSPS) is 17.9. The summed E-state index contributed by atoms with van der Waals surface area (Å²) in [5.41, 5.74) is 3.90. The molecular weight excluding hydrogens is 466 g/mol. The minimum absolute atomic E-state index is 0.0130. The van der Waals surface area contributed by atoms with Gasteiger partial charge in [-0.25, -0.2) is 9.48 Å². The first-order chi connectivity index (χ1) is 17.7. The van der Waals surface area contributed by atoms with E-state index in [-0.39, 0.29) is 18.1 Å². The molecule has 0 aliphatic heterocycles. The first kappa shape index (κ1) is 26.7. The van der Waals surface area contributed by atoms with Crippen molar-refractivity contribution in [3.63, 3.8) is 0 Å². The molecule has 3 aromatic rings. The van der Waals surface area contributed by atoms with Gasteiger partial charge in [0.05, 0.1) is 6.61 Å². The molecule has 2 aromatic heterocycles. The van der Waals surface area contributed by atoms with Gasteiger partial charge in [-0.2, -0.15) is 5.10 Å². The van der Waals surface area contributed by atoms with Gasteiger partial charge < -0.3 is 9.47 Å². The average molecular weight is 504 g/mol. The van der Waals surface area contributed by atoms with Crippen molar-refractivity contribution >= 4 is 5.97 Å². The van der Waals surface area contributed by atoms with Crippen molar-refractivity contribution in [2.75, 3.05) is 13.2 Å². The third-order valence-corrected chi connectivity index (χ3v) is 6.62. The van der Waals surface area contributed by atoms with E-state index >= 15 is 0 Å². The molecule has 0 saturated heterocycles. The van der Waals surface area contributed by atoms with E-state index < -0.39 is 5.60 Å². The molecule has 0 spiro atoms. The predicted octanol–water partition coefficient (Wildman–Crippen LogP) is 5.45. The highest BCUT2D eigenvalue weighted by Crippen LogP contribution is 2.32. The molecule has 1 saturated carbocycles. The molecule has 0 N–H and O–H groups in total. The molecule has 7 heteroatoms. The van der Waals surface area contributed by atoms with Gasteiger partial charge in [0.25, 0.3) is 5.56 Å². The molecule has 1 aromatic carbocycles. The molecule has 0 atom stereocenters. The summed E-state index contributed by atoms with van der Waals surface area (Å²) in [5.74, 6) is 0.460. The van der Waals surface area contributed by atoms with Crippen LogP contribution in [0.15, 0.2) is 59.7 Å². The Kier molecular flexibility index (Phi) is 8.54. The van der Waals surface area contributed by atoms with Crippen LogP contribution in [0.3, 0.4) is 0 Å². The third kappa shape index (κ3) is 7.59. The SMILES string of the molecule is Cc1cncc(-c2nn(C[C@H]3CC[C@H](COCC(=O)OC(C)(C)C)CC3)c(=O)cc2-c2ccccc2)c1. The quantitative estimate of drug-likeness (QED) is 0.380. The Morgan fingerprint density at radius 2 is 1.70 bits per heavy atom. The maximum absolute atomic E-state index is 13.1. The topological polar surface area (TPSA) is 83.3 Å². The van der Waals surface area contributed by atoms with Crippen LogP contribution in [-0.4, -0.2) is 39.5 Å². The van der Waals surface area contributed by atoms with Crippen LogP contribution < -0.4 is 5.56 Å². The third-order valence-electron chi connectivity index (χ3n) is 6.62. The number of ether oxygens (including phenoxy) is 2. The minimum atomic E-state index is -0.500. The Morgan fingerprint density at radius 1 is 1.00 bits per heavy atom. The Balaban J connectivity index is 1.42. The molecule has 0 unspecified atom stereocenters. The van der Waals surface area contributed by atoms with Crippen molar-refractivity contribution in [3.8, 4) is 22.4 Å². The van der Waals surface area contributed by atoms with Gasteiger partial charge in [0.15, 0.2) is 0 Å². The standard InChI is InChI=1S/C30H37N3O4/c1-21-14-25(17-31-16-21)29-26(24-8-6-5-7-9-24)15-27(34)33(32-29)18-22-10-12-23(13-11-22)19-36-20-28(35)37-30(2,3)4/h5-9,14-17,22-23H,10-13,18-20H2,1-4H3/t22-,23-. The number of aryl methyl sites for hydroxylation is 1. The number of carbonyl (C=O) groups excluding carboxylic acids is 1. The second kappa shape index (κ2) is 11.8. The zero-order valence-corrected chi connectivity index (χ0v) is 22.3. The van der Waals surface area contributed by atoms with E-state index in [1.54, 1.807) is 16.9 Å². The second-order valence-electron chi connectivity index (χ2n) is 11.0. The van der Waals surface area contributed by atoms with E-state index in [4.69, 9.17) is 14.6 Å². The first-order valence-corrected chi connectivity index (χ1v) is 13.1. The van der Waals surface area contributed by atoms with Crippen molar-refractivity contribution < 1.29 is 14.3 Å². The second-order valence-corrected chi connectivity index (χ2v) is 11.0. The molecule has 7 nitrogen and oxygen atoms in total. The molecule has 37 heavy (non-hydrogen) atoms. The molecule has 0 radical (unpaired) electrons. The Morgan fingerprint density at radius 3 is 2.38 bits per heavy atom. The van der Waals surface area contributed by atoms with Gasteiger partial charge in [0.1, 0.15) is 17.9 Å². The Labute approximate surface area is 218 Å². The van der Waals surface area contributed by atoms with Crippen LogP contribution in [0.2, 0.25) is 0 Å². The number of carbonyl (C=O) groups is 1. The number of hydrogen-bond donors (Lipinski definition) is 0. The van der Waals surface area contributed by atoms with Crippen LogP contribution in [0.1, 0.15) is 52.0 Å². The van der Waals surface area contributed by atoms with Gasteiger partial charge in [0.2, 0.25) is 0 Å². The van der Waals surface area contributed by atoms with E-state index in [2.05, 4.69) is 11.1 Å². The van der Waals surface area contributed by atoms with Gasteiger partial charge in [-0.05, 0) is 82.4 Å². The average Bonchev–Trinajstić information content (AvgIpc) is 2.85. The molecule has 4 rings (SSSR count). The van der Waals surface area contributed by atoms with Gasteiger partial charge in [-0.3, -0.25) is 9.78 Å². The number of esters is 1. The number of aromatic nitrogens is 3. The lowest BCUT2D eigenvalue weighted by Crippen LogP contribution is -2.30. The number of nitrogens with zero attached hydrogens (tertiary/aromatic N) is 3. The van der Waals surface area contributed by atoms with Crippen LogP contribution in [0, 0.1) is 18.8 Å². The summed E-state index contributed by atoms with van der Waals surface area (Å²) >= 11 is 0. The highest BCUT2D eigenvalue weighted by atomic mass is 16.6. The van der Waals surface area contributed by atoms with Crippen LogP contribution in [0.25, 0.3) is 22.4 Å². The lowest BCUT2D eigenvalue weighted by atomic mass is 9.82. The molecular formula is C30H37N3O4. The van der Waals surface area contributed by atoms with Crippen molar-refractivity contribution in [3.05, 3.63) is 70.8 Å². The van der Waals surface area contributed by atoms with E-state index in [0.717, 1.165) is 53.6 Å². The zero-order chi connectivity index (χ0) is 26.4. The van der Waals surface area contributed by atoms with Crippen molar-refractivity contribution in [1.82, 2.24) is 14.8 Å². The molecule has 1 fully saturated rings. The molecule has 1 aliphatic rings. The number of benzene rings is 1. The first-order valence-electron chi connectivity index (χ1n) is 13.1. The summed E-state index contributed by atoms with van der Waals surface area (Å²) in [6.07, 6.45) is 7.62. The summed E-state index contributed by atoms with van der Waals surface area (Å²) in [6, 6.07) is 13.7. The van der Waals surface area contributed by atoms with Gasteiger partial charge in [-0.1, -0.05) is 30.3 Å². The summed E-state index contributed by atoms with van der Waals surface area (Å²) in [6.45, 7) is 8.68. The lowest BCUT2D eigenvalue weighted by Gasteiger charge is -2.28. The fourth-order valence-corrected chi connectivity index (χ4v) is 4.86. The summed E-state index contributed by atoms with van der Waals surface area (Å²) in [4.78, 5) is 29.3. The molecule has 1 aliphatic carbocycles. The summed E-state index contributed by atoms with van der Waals surface area (Å²) in [5, 5.41) is 4.86. The highest BCUT2D eigenvalue weighted by molar-refractivity contribution is 5.80. The van der Waals surface area contributed by atoms with E-state index in [9.17, 15) is 9.59 Å². The minimum Gasteiger partial charge on any atom is -0.458 e. The largest absolute Gasteiger partial charge is 0.458 e. The van der Waals surface area contributed by atoms with Crippen LogP contribution in [-0.2, 0) is 20.8 Å². The van der Waals surface area contributed by atoms with Gasteiger partial charge in [-0.15, -0.1) is 0 Å². The molecule has 196 valence electrons. The molecule has 0 amide bonds. The lowest BCUT2D eigenvalue weighted by molar-refractivity contribution is -0.160. The Bertz CT molecular complexity index is 1260. The summed E-state index contributed by atoms with van der Waals surface area (Å²) < 4.78 is 12.6. The van der Waals surface area contributed by atoms with Crippen LogP contribution in [0.4, 0.5) is 0 Å².